The largest absolute Gasteiger partial charge is 0.355 e. The number of rotatable bonds is 7. The van der Waals surface area contributed by atoms with E-state index in [1.165, 1.54) is 0 Å². The minimum atomic E-state index is -0.831. The van der Waals surface area contributed by atoms with Crippen LogP contribution in [0.4, 0.5) is 5.69 Å². The van der Waals surface area contributed by atoms with Crippen LogP contribution in [0.2, 0.25) is 0 Å². The van der Waals surface area contributed by atoms with Crippen LogP contribution in [0.25, 0.3) is 0 Å². The molecule has 1 aromatic rings. The molecule has 20 heavy (non-hydrogen) atoms. The number of unbranched alkanes of at least 4 members (excludes halogenated alkanes) is 2. The van der Waals surface area contributed by atoms with Gasteiger partial charge in [-0.3, -0.25) is 9.59 Å². The van der Waals surface area contributed by atoms with Crippen LogP contribution in [0.3, 0.4) is 0 Å². The summed E-state index contributed by atoms with van der Waals surface area (Å²) in [6.07, 6.45) is 4.48. The molecule has 4 heteroatoms. The van der Waals surface area contributed by atoms with Crippen molar-refractivity contribution in [2.45, 2.75) is 39.0 Å². The smallest absolute Gasteiger partial charge is 0.240 e. The molecule has 4 nitrogen and oxygen atoms in total. The predicted octanol–water partition coefficient (Wildman–Crippen LogP) is 2.71. The molecule has 0 unspecified atom stereocenters. The molecule has 1 fully saturated rings. The van der Waals surface area contributed by atoms with E-state index in [0.717, 1.165) is 24.9 Å². The molecule has 0 aromatic heterocycles. The third-order valence-corrected chi connectivity index (χ3v) is 3.72. The van der Waals surface area contributed by atoms with Crippen LogP contribution in [0.5, 0.6) is 0 Å². The first-order valence-corrected chi connectivity index (χ1v) is 7.34. The van der Waals surface area contributed by atoms with Gasteiger partial charge in [0.15, 0.2) is 0 Å². The molecule has 0 heterocycles. The minimum Gasteiger partial charge on any atom is -0.355 e. The highest BCUT2D eigenvalue weighted by molar-refractivity contribution is 6.13. The predicted molar refractivity (Wildman–Crippen MR) is 79.3 cm³/mol. The second-order valence-electron chi connectivity index (χ2n) is 5.37. The van der Waals surface area contributed by atoms with Crippen LogP contribution in [0.1, 0.15) is 39.0 Å². The fourth-order valence-corrected chi connectivity index (χ4v) is 2.20. The Hall–Kier alpha value is -1.84. The van der Waals surface area contributed by atoms with Crippen molar-refractivity contribution in [3.05, 3.63) is 30.3 Å². The quantitative estimate of drug-likeness (QED) is 0.593. The Kier molecular flexibility index (Phi) is 4.77. The Bertz CT molecular complexity index is 467. The maximum atomic E-state index is 12.3. The highest BCUT2D eigenvalue weighted by atomic mass is 16.2. The van der Waals surface area contributed by atoms with Crippen LogP contribution in [0, 0.1) is 5.41 Å². The highest BCUT2D eigenvalue weighted by Gasteiger charge is 2.56. The van der Waals surface area contributed by atoms with Gasteiger partial charge in [0.25, 0.3) is 0 Å². The maximum absolute atomic E-state index is 12.3. The molecule has 2 rings (SSSR count). The van der Waals surface area contributed by atoms with Crippen molar-refractivity contribution >= 4 is 17.5 Å². The van der Waals surface area contributed by atoms with Gasteiger partial charge >= 0.3 is 0 Å². The number of hydrogen-bond donors (Lipinski definition) is 2. The van der Waals surface area contributed by atoms with Gasteiger partial charge < -0.3 is 10.6 Å². The van der Waals surface area contributed by atoms with Crippen molar-refractivity contribution in [1.29, 1.82) is 0 Å². The summed E-state index contributed by atoms with van der Waals surface area (Å²) in [5.41, 5.74) is -0.0928. The van der Waals surface area contributed by atoms with Crippen LogP contribution < -0.4 is 10.6 Å². The van der Waals surface area contributed by atoms with E-state index in [4.69, 9.17) is 0 Å². The molecule has 108 valence electrons. The van der Waals surface area contributed by atoms with Gasteiger partial charge in [-0.25, -0.2) is 0 Å². The summed E-state index contributed by atoms with van der Waals surface area (Å²) in [4.78, 5) is 24.4. The normalized spacial score (nSPS) is 15.4. The molecule has 0 bridgehead atoms. The van der Waals surface area contributed by atoms with Gasteiger partial charge in [0.2, 0.25) is 11.8 Å². The summed E-state index contributed by atoms with van der Waals surface area (Å²) in [7, 11) is 0. The zero-order valence-corrected chi connectivity index (χ0v) is 11.9. The minimum absolute atomic E-state index is 0.123. The van der Waals surface area contributed by atoms with Gasteiger partial charge in [0, 0.05) is 12.2 Å². The molecule has 1 aliphatic rings. The average molecular weight is 274 g/mol. The lowest BCUT2D eigenvalue weighted by Gasteiger charge is -2.15. The molecule has 0 saturated heterocycles. The van der Waals surface area contributed by atoms with Crippen molar-refractivity contribution in [3.8, 4) is 0 Å². The standard InChI is InChI=1S/C16H22N2O2/c1-2-3-7-12-17-14(19)16(10-11-16)15(20)18-13-8-5-4-6-9-13/h4-6,8-9H,2-3,7,10-12H2,1H3,(H,17,19)(H,18,20). The Labute approximate surface area is 119 Å². The molecule has 0 spiro atoms. The van der Waals surface area contributed by atoms with Gasteiger partial charge in [-0.15, -0.1) is 0 Å². The zero-order chi connectivity index (χ0) is 14.4. The van der Waals surface area contributed by atoms with Crippen molar-refractivity contribution in [2.75, 3.05) is 11.9 Å². The molecule has 0 atom stereocenters. The number of para-hydroxylation sites is 1. The van der Waals surface area contributed by atoms with Gasteiger partial charge in [-0.05, 0) is 31.4 Å². The average Bonchev–Trinajstić information content (AvgIpc) is 3.26. The van der Waals surface area contributed by atoms with Crippen molar-refractivity contribution in [2.24, 2.45) is 5.41 Å². The summed E-state index contributed by atoms with van der Waals surface area (Å²) in [5, 5.41) is 5.71. The molecule has 0 aliphatic heterocycles. The van der Waals surface area contributed by atoms with Gasteiger partial charge in [0.05, 0.1) is 0 Å². The summed E-state index contributed by atoms with van der Waals surface area (Å²) >= 11 is 0. The van der Waals surface area contributed by atoms with Crippen LogP contribution in [-0.2, 0) is 9.59 Å². The molecule has 1 saturated carbocycles. The van der Waals surface area contributed by atoms with Crippen LogP contribution in [0.15, 0.2) is 30.3 Å². The van der Waals surface area contributed by atoms with E-state index in [2.05, 4.69) is 17.6 Å². The maximum Gasteiger partial charge on any atom is 0.240 e. The number of nitrogens with one attached hydrogen (secondary N) is 2. The van der Waals surface area contributed by atoms with Crippen LogP contribution in [-0.4, -0.2) is 18.4 Å². The Morgan fingerprint density at radius 1 is 1.10 bits per heavy atom. The number of carbonyl (C=O) groups is 2. The fraction of sp³-hybridized carbons (Fsp3) is 0.500. The van der Waals surface area contributed by atoms with E-state index in [-0.39, 0.29) is 11.8 Å². The van der Waals surface area contributed by atoms with Gasteiger partial charge in [-0.1, -0.05) is 38.0 Å². The Morgan fingerprint density at radius 3 is 2.40 bits per heavy atom. The summed E-state index contributed by atoms with van der Waals surface area (Å²) in [6.45, 7) is 2.78. The Balaban J connectivity index is 1.87. The topological polar surface area (TPSA) is 58.2 Å². The van der Waals surface area contributed by atoms with Crippen molar-refractivity contribution < 1.29 is 9.59 Å². The second kappa shape index (κ2) is 6.55. The van der Waals surface area contributed by atoms with Crippen molar-refractivity contribution in [1.82, 2.24) is 5.32 Å². The van der Waals surface area contributed by atoms with E-state index < -0.39 is 5.41 Å². The third-order valence-electron chi connectivity index (χ3n) is 3.72. The van der Waals surface area contributed by atoms with Gasteiger partial charge in [-0.2, -0.15) is 0 Å². The Morgan fingerprint density at radius 2 is 1.80 bits per heavy atom. The lowest BCUT2D eigenvalue weighted by atomic mass is 10.0. The fourth-order valence-electron chi connectivity index (χ4n) is 2.20. The molecule has 1 aliphatic carbocycles. The summed E-state index contributed by atoms with van der Waals surface area (Å²) < 4.78 is 0. The monoisotopic (exact) mass is 274 g/mol. The lowest BCUT2D eigenvalue weighted by Crippen LogP contribution is -2.40. The zero-order valence-electron chi connectivity index (χ0n) is 11.9. The SMILES string of the molecule is CCCCCNC(=O)C1(C(=O)Nc2ccccc2)CC1. The number of anilines is 1. The lowest BCUT2D eigenvalue weighted by molar-refractivity contribution is -0.134. The van der Waals surface area contributed by atoms with E-state index in [1.807, 2.05) is 30.3 Å². The summed E-state index contributed by atoms with van der Waals surface area (Å²) in [5.74, 6) is -0.307. The number of carbonyl (C=O) groups excluding carboxylic acids is 2. The van der Waals surface area contributed by atoms with E-state index in [9.17, 15) is 9.59 Å². The molecule has 2 amide bonds. The summed E-state index contributed by atoms with van der Waals surface area (Å²) in [6, 6.07) is 9.27. The molecular weight excluding hydrogens is 252 g/mol. The van der Waals surface area contributed by atoms with E-state index in [0.29, 0.717) is 19.4 Å². The second-order valence-corrected chi connectivity index (χ2v) is 5.37. The molecular formula is C16H22N2O2. The molecule has 0 radical (unpaired) electrons. The molecule has 2 N–H and O–H groups in total. The number of hydrogen-bond acceptors (Lipinski definition) is 2. The number of amides is 2. The van der Waals surface area contributed by atoms with Crippen LogP contribution >= 0.6 is 0 Å². The third kappa shape index (κ3) is 3.38. The van der Waals surface area contributed by atoms with Gasteiger partial charge in [0.1, 0.15) is 5.41 Å². The molecule has 1 aromatic carbocycles. The van der Waals surface area contributed by atoms with Crippen molar-refractivity contribution in [3.63, 3.8) is 0 Å². The first-order chi connectivity index (χ1) is 9.69. The van der Waals surface area contributed by atoms with E-state index >= 15 is 0 Å². The first kappa shape index (κ1) is 14.6. The van der Waals surface area contributed by atoms with E-state index in [1.54, 1.807) is 0 Å². The number of benzene rings is 1. The first-order valence-electron chi connectivity index (χ1n) is 7.34. The highest BCUT2D eigenvalue weighted by Crippen LogP contribution is 2.46.